The fraction of sp³-hybridized carbons (Fsp3) is 0.800. The number of nitrogens with zero attached hydrogens (tertiary/aromatic N) is 2. The molecule has 0 aliphatic carbocycles. The van der Waals surface area contributed by atoms with E-state index in [-0.39, 0.29) is 6.04 Å². The minimum atomic E-state index is 0.0465. The molecular weight excluding hydrogens is 180 g/mol. The number of aliphatic imine (C=N–C) groups is 2. The maximum Gasteiger partial charge on any atom is 0.209 e. The van der Waals surface area contributed by atoms with Gasteiger partial charge in [-0.15, -0.1) is 0 Å². The molecule has 1 atom stereocenters. The Morgan fingerprint density at radius 2 is 1.93 bits per heavy atom. The molecule has 80 valence electrons. The first-order chi connectivity index (χ1) is 6.81. The SMILES string of the molecule is CCOC1=N[C@H](CC)C(OCC)=NC1. The van der Waals surface area contributed by atoms with Crippen molar-refractivity contribution in [3.05, 3.63) is 0 Å². The highest BCUT2D eigenvalue weighted by Crippen LogP contribution is 2.09. The van der Waals surface area contributed by atoms with Crippen molar-refractivity contribution >= 4 is 11.8 Å². The average molecular weight is 198 g/mol. The van der Waals surface area contributed by atoms with Gasteiger partial charge < -0.3 is 9.47 Å². The smallest absolute Gasteiger partial charge is 0.209 e. The van der Waals surface area contributed by atoms with E-state index in [9.17, 15) is 0 Å². The predicted molar refractivity (Wildman–Crippen MR) is 57.1 cm³/mol. The van der Waals surface area contributed by atoms with Gasteiger partial charge in [0.2, 0.25) is 11.8 Å². The summed E-state index contributed by atoms with van der Waals surface area (Å²) >= 11 is 0. The van der Waals surface area contributed by atoms with Gasteiger partial charge in [-0.3, -0.25) is 0 Å². The van der Waals surface area contributed by atoms with Crippen molar-refractivity contribution in [2.24, 2.45) is 9.98 Å². The van der Waals surface area contributed by atoms with E-state index in [2.05, 4.69) is 16.9 Å². The van der Waals surface area contributed by atoms with E-state index >= 15 is 0 Å². The van der Waals surface area contributed by atoms with Gasteiger partial charge in [0.15, 0.2) is 0 Å². The maximum absolute atomic E-state index is 5.40. The zero-order valence-corrected chi connectivity index (χ0v) is 9.12. The van der Waals surface area contributed by atoms with Crippen LogP contribution in [0.1, 0.15) is 27.2 Å². The second-order valence-electron chi connectivity index (χ2n) is 2.97. The molecule has 0 bridgehead atoms. The molecule has 0 spiro atoms. The Morgan fingerprint density at radius 1 is 1.21 bits per heavy atom. The number of ether oxygens (including phenoxy) is 2. The molecular formula is C10H18N2O2. The topological polar surface area (TPSA) is 43.2 Å². The van der Waals surface area contributed by atoms with Gasteiger partial charge in [0.1, 0.15) is 12.6 Å². The van der Waals surface area contributed by atoms with Crippen LogP contribution in [0.2, 0.25) is 0 Å². The number of hydrogen-bond acceptors (Lipinski definition) is 4. The van der Waals surface area contributed by atoms with Crippen molar-refractivity contribution in [1.29, 1.82) is 0 Å². The molecule has 4 nitrogen and oxygen atoms in total. The van der Waals surface area contributed by atoms with Crippen molar-refractivity contribution in [3.63, 3.8) is 0 Å². The van der Waals surface area contributed by atoms with E-state index < -0.39 is 0 Å². The third kappa shape index (κ3) is 2.72. The lowest BCUT2D eigenvalue weighted by atomic mass is 10.2. The van der Waals surface area contributed by atoms with Crippen molar-refractivity contribution in [3.8, 4) is 0 Å². The molecule has 1 heterocycles. The zero-order chi connectivity index (χ0) is 10.4. The lowest BCUT2D eigenvalue weighted by Crippen LogP contribution is -2.29. The molecule has 0 aromatic heterocycles. The Kier molecular flexibility index (Phi) is 4.43. The van der Waals surface area contributed by atoms with E-state index in [1.165, 1.54) is 0 Å². The van der Waals surface area contributed by atoms with Crippen LogP contribution < -0.4 is 0 Å². The standard InChI is InChI=1S/C10H18N2O2/c1-4-8-10(14-6-3)11-7-9(12-8)13-5-2/h8H,4-7H2,1-3H3/t8-/m1/s1. The molecule has 0 aromatic carbocycles. The van der Waals surface area contributed by atoms with Crippen LogP contribution in [0, 0.1) is 0 Å². The van der Waals surface area contributed by atoms with Gasteiger partial charge in [-0.25, -0.2) is 9.98 Å². The van der Waals surface area contributed by atoms with Gasteiger partial charge in [-0.2, -0.15) is 0 Å². The molecule has 0 fully saturated rings. The van der Waals surface area contributed by atoms with Crippen LogP contribution in [-0.4, -0.2) is 37.6 Å². The molecule has 1 aliphatic rings. The average Bonchev–Trinajstić information content (AvgIpc) is 2.21. The molecule has 0 amide bonds. The van der Waals surface area contributed by atoms with Crippen LogP contribution >= 0.6 is 0 Å². The van der Waals surface area contributed by atoms with Gasteiger partial charge in [-0.05, 0) is 20.3 Å². The van der Waals surface area contributed by atoms with Crippen LogP contribution in [0.3, 0.4) is 0 Å². The first kappa shape index (κ1) is 11.0. The van der Waals surface area contributed by atoms with Crippen LogP contribution in [-0.2, 0) is 9.47 Å². The quantitative estimate of drug-likeness (QED) is 0.692. The van der Waals surface area contributed by atoms with E-state index in [0.717, 1.165) is 18.2 Å². The van der Waals surface area contributed by atoms with E-state index in [1.54, 1.807) is 0 Å². The molecule has 4 heteroatoms. The molecule has 0 radical (unpaired) electrons. The summed E-state index contributed by atoms with van der Waals surface area (Å²) in [5.74, 6) is 1.47. The lowest BCUT2D eigenvalue weighted by Gasteiger charge is -2.19. The maximum atomic E-state index is 5.40. The number of rotatable bonds is 3. The molecule has 1 aliphatic heterocycles. The van der Waals surface area contributed by atoms with Crippen molar-refractivity contribution in [1.82, 2.24) is 0 Å². The Balaban J connectivity index is 2.59. The Bertz CT molecular complexity index is 236. The summed E-state index contributed by atoms with van der Waals surface area (Å²) in [6.07, 6.45) is 0.898. The van der Waals surface area contributed by atoms with Gasteiger partial charge in [0.25, 0.3) is 0 Å². The summed E-state index contributed by atoms with van der Waals surface area (Å²) in [4.78, 5) is 8.74. The van der Waals surface area contributed by atoms with Gasteiger partial charge in [-0.1, -0.05) is 6.92 Å². The van der Waals surface area contributed by atoms with Crippen molar-refractivity contribution in [2.75, 3.05) is 19.8 Å². The first-order valence-electron chi connectivity index (χ1n) is 5.18. The Labute approximate surface area is 85.0 Å². The van der Waals surface area contributed by atoms with Crippen molar-refractivity contribution < 1.29 is 9.47 Å². The summed E-state index contributed by atoms with van der Waals surface area (Å²) < 4.78 is 10.7. The Hall–Kier alpha value is -1.06. The summed E-state index contributed by atoms with van der Waals surface area (Å²) in [7, 11) is 0. The van der Waals surface area contributed by atoms with Crippen LogP contribution in [0.25, 0.3) is 0 Å². The largest absolute Gasteiger partial charge is 0.480 e. The molecule has 0 saturated heterocycles. The lowest BCUT2D eigenvalue weighted by molar-refractivity contribution is 0.293. The molecule has 1 rings (SSSR count). The molecule has 14 heavy (non-hydrogen) atoms. The van der Waals surface area contributed by atoms with E-state index in [1.807, 2.05) is 13.8 Å². The minimum absolute atomic E-state index is 0.0465. The second kappa shape index (κ2) is 5.62. The van der Waals surface area contributed by atoms with Crippen LogP contribution in [0.5, 0.6) is 0 Å². The molecule has 0 N–H and O–H groups in total. The van der Waals surface area contributed by atoms with Gasteiger partial charge >= 0.3 is 0 Å². The Morgan fingerprint density at radius 3 is 2.50 bits per heavy atom. The van der Waals surface area contributed by atoms with Crippen LogP contribution in [0.4, 0.5) is 0 Å². The predicted octanol–water partition coefficient (Wildman–Crippen LogP) is 1.65. The third-order valence-corrected chi connectivity index (χ3v) is 1.94. The van der Waals surface area contributed by atoms with E-state index in [0.29, 0.717) is 19.8 Å². The summed E-state index contributed by atoms with van der Waals surface area (Å²) in [5.41, 5.74) is 0. The summed E-state index contributed by atoms with van der Waals surface area (Å²) in [5, 5.41) is 0. The van der Waals surface area contributed by atoms with Crippen molar-refractivity contribution in [2.45, 2.75) is 33.2 Å². The normalized spacial score (nSPS) is 21.2. The van der Waals surface area contributed by atoms with Gasteiger partial charge in [0, 0.05) is 0 Å². The highest BCUT2D eigenvalue weighted by molar-refractivity contribution is 5.91. The monoisotopic (exact) mass is 198 g/mol. The molecule has 0 saturated carbocycles. The second-order valence-corrected chi connectivity index (χ2v) is 2.97. The number of hydrogen-bond donors (Lipinski definition) is 0. The summed E-state index contributed by atoms with van der Waals surface area (Å²) in [6.45, 7) is 7.78. The first-order valence-corrected chi connectivity index (χ1v) is 5.18. The van der Waals surface area contributed by atoms with Gasteiger partial charge in [0.05, 0.1) is 13.2 Å². The third-order valence-electron chi connectivity index (χ3n) is 1.94. The minimum Gasteiger partial charge on any atom is -0.480 e. The van der Waals surface area contributed by atoms with Crippen LogP contribution in [0.15, 0.2) is 9.98 Å². The zero-order valence-electron chi connectivity index (χ0n) is 9.12. The molecule has 0 unspecified atom stereocenters. The fourth-order valence-electron chi connectivity index (χ4n) is 1.33. The summed E-state index contributed by atoms with van der Waals surface area (Å²) in [6, 6.07) is 0.0465. The molecule has 0 aromatic rings. The highest BCUT2D eigenvalue weighted by atomic mass is 16.5. The van der Waals surface area contributed by atoms with E-state index in [4.69, 9.17) is 9.47 Å². The fourth-order valence-corrected chi connectivity index (χ4v) is 1.33. The highest BCUT2D eigenvalue weighted by Gasteiger charge is 2.20.